The Morgan fingerprint density at radius 2 is 1.39 bits per heavy atom. The number of hydrogen-bond donors (Lipinski definition) is 7. The quantitative estimate of drug-likeness (QED) is 0.139. The van der Waals surface area contributed by atoms with Gasteiger partial charge in [-0.05, 0) is 31.2 Å². The second-order valence-corrected chi connectivity index (χ2v) is 8.49. The SMILES string of the molecule is CCC(C)C(NC(=O)C(N)CCCCN)C(=O)NC(C(=O)NC(CC(=O)O)C(=O)O)C(C)C. The van der Waals surface area contributed by atoms with Gasteiger partial charge in [0.15, 0.2) is 0 Å². The van der Waals surface area contributed by atoms with E-state index < -0.39 is 66.2 Å². The molecule has 5 unspecified atom stereocenters. The van der Waals surface area contributed by atoms with Crippen LogP contribution in [-0.2, 0) is 24.0 Å². The molecule has 3 amide bonds. The third-order valence-corrected chi connectivity index (χ3v) is 5.34. The highest BCUT2D eigenvalue weighted by Gasteiger charge is 2.34. The maximum Gasteiger partial charge on any atom is 0.326 e. The lowest BCUT2D eigenvalue weighted by atomic mass is 9.95. The molecule has 0 aliphatic rings. The van der Waals surface area contributed by atoms with Crippen molar-refractivity contribution in [3.63, 3.8) is 0 Å². The van der Waals surface area contributed by atoms with Crippen LogP contribution in [0.5, 0.6) is 0 Å². The molecule has 33 heavy (non-hydrogen) atoms. The number of carboxylic acid groups (broad SMARTS) is 2. The Labute approximate surface area is 194 Å². The molecule has 5 atom stereocenters. The van der Waals surface area contributed by atoms with Crippen LogP contribution in [-0.4, -0.2) is 70.6 Å². The molecule has 0 heterocycles. The first-order chi connectivity index (χ1) is 15.3. The smallest absolute Gasteiger partial charge is 0.326 e. The van der Waals surface area contributed by atoms with Gasteiger partial charge in [-0.15, -0.1) is 0 Å². The molecule has 0 bridgehead atoms. The second kappa shape index (κ2) is 15.2. The zero-order valence-electron chi connectivity index (χ0n) is 19.8. The maximum atomic E-state index is 13.0. The van der Waals surface area contributed by atoms with Crippen molar-refractivity contribution in [1.82, 2.24) is 16.0 Å². The summed E-state index contributed by atoms with van der Waals surface area (Å²) in [6, 6.07) is -4.57. The van der Waals surface area contributed by atoms with Gasteiger partial charge in [-0.1, -0.05) is 40.5 Å². The Hall–Kier alpha value is -2.73. The largest absolute Gasteiger partial charge is 0.481 e. The Bertz CT molecular complexity index is 686. The van der Waals surface area contributed by atoms with E-state index in [-0.39, 0.29) is 5.92 Å². The lowest BCUT2D eigenvalue weighted by molar-refractivity contribution is -0.147. The standard InChI is InChI=1S/C21H39N5O7/c1-5-12(4)17(26-18(29)13(23)8-6-7-9-22)20(31)25-16(11(2)3)19(30)24-14(21(32)33)10-15(27)28/h11-14,16-17H,5-10,22-23H2,1-4H3,(H,24,30)(H,25,31)(H,26,29)(H,27,28)(H,32,33). The van der Waals surface area contributed by atoms with E-state index in [9.17, 15) is 24.0 Å². The van der Waals surface area contributed by atoms with Crippen molar-refractivity contribution in [1.29, 1.82) is 0 Å². The zero-order chi connectivity index (χ0) is 25.7. The number of aliphatic carboxylic acids is 2. The highest BCUT2D eigenvalue weighted by molar-refractivity contribution is 5.94. The van der Waals surface area contributed by atoms with Gasteiger partial charge < -0.3 is 37.6 Å². The molecule has 9 N–H and O–H groups in total. The van der Waals surface area contributed by atoms with Crippen LogP contribution >= 0.6 is 0 Å². The molecule has 12 heteroatoms. The van der Waals surface area contributed by atoms with Gasteiger partial charge in [-0.2, -0.15) is 0 Å². The number of unbranched alkanes of at least 4 members (excludes halogenated alkanes) is 1. The molecule has 12 nitrogen and oxygen atoms in total. The summed E-state index contributed by atoms with van der Waals surface area (Å²) in [6.45, 7) is 7.37. The fraction of sp³-hybridized carbons (Fsp3) is 0.762. The van der Waals surface area contributed by atoms with Crippen molar-refractivity contribution in [3.8, 4) is 0 Å². The molecule has 0 aromatic carbocycles. The van der Waals surface area contributed by atoms with Crippen LogP contribution in [0.4, 0.5) is 0 Å². The number of carboxylic acids is 2. The third-order valence-electron chi connectivity index (χ3n) is 5.34. The van der Waals surface area contributed by atoms with Crippen LogP contribution in [0.25, 0.3) is 0 Å². The van der Waals surface area contributed by atoms with Crippen LogP contribution in [0.15, 0.2) is 0 Å². The molecule has 0 aliphatic heterocycles. The number of hydrogen-bond acceptors (Lipinski definition) is 7. The van der Waals surface area contributed by atoms with Crippen LogP contribution in [0.1, 0.15) is 59.8 Å². The van der Waals surface area contributed by atoms with Crippen molar-refractivity contribution >= 4 is 29.7 Å². The zero-order valence-corrected chi connectivity index (χ0v) is 19.8. The fourth-order valence-electron chi connectivity index (χ4n) is 3.02. The number of amides is 3. The van der Waals surface area contributed by atoms with Crippen molar-refractivity contribution in [2.75, 3.05) is 6.54 Å². The molecule has 0 rings (SSSR count). The summed E-state index contributed by atoms with van der Waals surface area (Å²) in [4.78, 5) is 60.3. The molecule has 0 aliphatic carbocycles. The van der Waals surface area contributed by atoms with Gasteiger partial charge in [0.1, 0.15) is 18.1 Å². The Morgan fingerprint density at radius 1 is 0.848 bits per heavy atom. The lowest BCUT2D eigenvalue weighted by Crippen LogP contribution is -2.59. The highest BCUT2D eigenvalue weighted by atomic mass is 16.4. The average molecular weight is 474 g/mol. The topological polar surface area (TPSA) is 214 Å². The summed E-state index contributed by atoms with van der Waals surface area (Å²) in [5, 5.41) is 25.4. The van der Waals surface area contributed by atoms with E-state index in [0.717, 1.165) is 6.42 Å². The second-order valence-electron chi connectivity index (χ2n) is 8.49. The van der Waals surface area contributed by atoms with Crippen molar-refractivity contribution in [3.05, 3.63) is 0 Å². The molecule has 190 valence electrons. The van der Waals surface area contributed by atoms with Crippen molar-refractivity contribution < 1.29 is 34.2 Å². The van der Waals surface area contributed by atoms with E-state index in [4.69, 9.17) is 21.7 Å². The Kier molecular flexibility index (Phi) is 13.9. The number of carbonyl (C=O) groups is 5. The van der Waals surface area contributed by atoms with Gasteiger partial charge in [-0.3, -0.25) is 19.2 Å². The van der Waals surface area contributed by atoms with Gasteiger partial charge in [0.05, 0.1) is 12.5 Å². The molecule has 0 saturated carbocycles. The van der Waals surface area contributed by atoms with E-state index in [1.165, 1.54) is 0 Å². The Morgan fingerprint density at radius 3 is 1.85 bits per heavy atom. The van der Waals surface area contributed by atoms with Gasteiger partial charge in [0.2, 0.25) is 17.7 Å². The first kappa shape index (κ1) is 30.3. The summed E-state index contributed by atoms with van der Waals surface area (Å²) >= 11 is 0. The van der Waals surface area contributed by atoms with E-state index in [1.807, 2.05) is 6.92 Å². The molecule has 0 aromatic heterocycles. The minimum Gasteiger partial charge on any atom is -0.481 e. The molecular formula is C21H39N5O7. The first-order valence-corrected chi connectivity index (χ1v) is 11.2. The molecule has 0 spiro atoms. The van der Waals surface area contributed by atoms with E-state index in [0.29, 0.717) is 25.8 Å². The summed E-state index contributed by atoms with van der Waals surface area (Å²) < 4.78 is 0. The summed E-state index contributed by atoms with van der Waals surface area (Å²) in [5.74, 6) is -5.57. The van der Waals surface area contributed by atoms with Gasteiger partial charge >= 0.3 is 11.9 Å². The van der Waals surface area contributed by atoms with E-state index in [1.54, 1.807) is 20.8 Å². The van der Waals surface area contributed by atoms with Crippen LogP contribution in [0.3, 0.4) is 0 Å². The number of carbonyl (C=O) groups excluding carboxylic acids is 3. The minimum atomic E-state index is -1.65. The average Bonchev–Trinajstić information content (AvgIpc) is 2.73. The fourth-order valence-corrected chi connectivity index (χ4v) is 3.02. The first-order valence-electron chi connectivity index (χ1n) is 11.2. The number of rotatable bonds is 16. The van der Waals surface area contributed by atoms with Gasteiger partial charge in [0, 0.05) is 0 Å². The van der Waals surface area contributed by atoms with Crippen LogP contribution in [0.2, 0.25) is 0 Å². The molecule has 0 fully saturated rings. The van der Waals surface area contributed by atoms with Gasteiger partial charge in [-0.25, -0.2) is 4.79 Å². The maximum absolute atomic E-state index is 13.0. The Balaban J connectivity index is 5.41. The summed E-state index contributed by atoms with van der Waals surface area (Å²) in [6.07, 6.45) is 1.55. The molecule has 0 saturated heterocycles. The molecular weight excluding hydrogens is 434 g/mol. The minimum absolute atomic E-state index is 0.278. The monoisotopic (exact) mass is 473 g/mol. The van der Waals surface area contributed by atoms with E-state index >= 15 is 0 Å². The van der Waals surface area contributed by atoms with Crippen LogP contribution < -0.4 is 27.4 Å². The molecule has 0 radical (unpaired) electrons. The predicted octanol–water partition coefficient (Wildman–Crippen LogP) is -0.841. The predicted molar refractivity (Wildman–Crippen MR) is 121 cm³/mol. The van der Waals surface area contributed by atoms with E-state index in [2.05, 4.69) is 16.0 Å². The lowest BCUT2D eigenvalue weighted by Gasteiger charge is -2.29. The molecule has 0 aromatic rings. The number of nitrogens with two attached hydrogens (primary N) is 2. The van der Waals surface area contributed by atoms with Crippen LogP contribution in [0, 0.1) is 11.8 Å². The third kappa shape index (κ3) is 11.1. The highest BCUT2D eigenvalue weighted by Crippen LogP contribution is 2.11. The summed E-state index contributed by atoms with van der Waals surface area (Å²) in [7, 11) is 0. The number of nitrogens with one attached hydrogen (secondary N) is 3. The van der Waals surface area contributed by atoms with Gasteiger partial charge in [0.25, 0.3) is 0 Å². The van der Waals surface area contributed by atoms with Crippen molar-refractivity contribution in [2.24, 2.45) is 23.3 Å². The normalized spacial score (nSPS) is 15.6. The summed E-state index contributed by atoms with van der Waals surface area (Å²) in [5.41, 5.74) is 11.4. The van der Waals surface area contributed by atoms with Crippen molar-refractivity contribution in [2.45, 2.75) is 84.0 Å².